The number of nitrogens with one attached hydrogen (secondary N) is 1. The molecule has 1 amide bonds. The summed E-state index contributed by atoms with van der Waals surface area (Å²) in [7, 11) is 1.73. The van der Waals surface area contributed by atoms with Crippen molar-refractivity contribution in [3.63, 3.8) is 0 Å². The first-order valence-corrected chi connectivity index (χ1v) is 9.61. The van der Waals surface area contributed by atoms with Crippen molar-refractivity contribution in [2.24, 2.45) is 7.05 Å². The lowest BCUT2D eigenvalue weighted by Gasteiger charge is -2.08. The molecule has 30 heavy (non-hydrogen) atoms. The molecule has 4 aromatic rings. The van der Waals surface area contributed by atoms with Gasteiger partial charge in [-0.3, -0.25) is 18.8 Å². The van der Waals surface area contributed by atoms with E-state index in [0.29, 0.717) is 24.5 Å². The van der Waals surface area contributed by atoms with Crippen LogP contribution < -0.4 is 10.9 Å². The molecule has 4 rings (SSSR count). The SMILES string of the molecule is Cn1nc(-c2ccccc2)cc1C(=O)NCCn1cnc(-c2ccccc2)cc1=O. The standard InChI is InChI=1S/C23H21N5O2/c1-27-21(14-20(26-27)18-10-6-3-7-11-18)23(30)24-12-13-28-16-25-19(15-22(28)29)17-8-4-2-5-9-17/h2-11,14-16H,12-13H2,1H3,(H,24,30). The van der Waals surface area contributed by atoms with E-state index >= 15 is 0 Å². The van der Waals surface area contributed by atoms with Gasteiger partial charge in [-0.25, -0.2) is 4.98 Å². The van der Waals surface area contributed by atoms with Crippen molar-refractivity contribution in [2.75, 3.05) is 6.54 Å². The van der Waals surface area contributed by atoms with Gasteiger partial charge in [0.25, 0.3) is 11.5 Å². The number of aryl methyl sites for hydroxylation is 1. The molecule has 150 valence electrons. The highest BCUT2D eigenvalue weighted by atomic mass is 16.2. The number of hydrogen-bond acceptors (Lipinski definition) is 4. The van der Waals surface area contributed by atoms with Gasteiger partial charge in [-0.1, -0.05) is 60.7 Å². The summed E-state index contributed by atoms with van der Waals surface area (Å²) in [5.41, 5.74) is 3.50. The van der Waals surface area contributed by atoms with Gasteiger partial charge < -0.3 is 5.32 Å². The van der Waals surface area contributed by atoms with Crippen molar-refractivity contribution in [1.82, 2.24) is 24.6 Å². The second-order valence-electron chi connectivity index (χ2n) is 6.83. The maximum absolute atomic E-state index is 12.5. The highest BCUT2D eigenvalue weighted by Gasteiger charge is 2.14. The van der Waals surface area contributed by atoms with E-state index in [1.165, 1.54) is 17.0 Å². The Morgan fingerprint density at radius 1 is 0.933 bits per heavy atom. The average Bonchev–Trinajstić information content (AvgIpc) is 3.18. The first-order valence-electron chi connectivity index (χ1n) is 9.61. The number of hydrogen-bond donors (Lipinski definition) is 1. The molecule has 0 aliphatic carbocycles. The van der Waals surface area contributed by atoms with Crippen molar-refractivity contribution in [3.8, 4) is 22.5 Å². The van der Waals surface area contributed by atoms with Crippen molar-refractivity contribution in [3.05, 3.63) is 95.2 Å². The number of carbonyl (C=O) groups excluding carboxylic acids is 1. The van der Waals surface area contributed by atoms with E-state index in [0.717, 1.165) is 16.8 Å². The Bertz CT molecular complexity index is 1210. The molecule has 1 N–H and O–H groups in total. The van der Waals surface area contributed by atoms with Crippen molar-refractivity contribution >= 4 is 5.91 Å². The molecule has 0 aliphatic rings. The van der Waals surface area contributed by atoms with Gasteiger partial charge in [-0.15, -0.1) is 0 Å². The number of amides is 1. The quantitative estimate of drug-likeness (QED) is 0.541. The Labute approximate surface area is 173 Å². The van der Waals surface area contributed by atoms with E-state index in [4.69, 9.17) is 0 Å². The molecule has 0 bridgehead atoms. The smallest absolute Gasteiger partial charge is 0.269 e. The van der Waals surface area contributed by atoms with Crippen LogP contribution in [0.4, 0.5) is 0 Å². The van der Waals surface area contributed by atoms with Gasteiger partial charge in [0.2, 0.25) is 0 Å². The zero-order chi connectivity index (χ0) is 20.9. The maximum atomic E-state index is 12.5. The zero-order valence-corrected chi connectivity index (χ0v) is 16.5. The van der Waals surface area contributed by atoms with Gasteiger partial charge in [-0.2, -0.15) is 5.10 Å². The fourth-order valence-electron chi connectivity index (χ4n) is 3.17. The largest absolute Gasteiger partial charge is 0.349 e. The molecular formula is C23H21N5O2. The Morgan fingerprint density at radius 2 is 1.57 bits per heavy atom. The van der Waals surface area contributed by atoms with Crippen LogP contribution in [0.25, 0.3) is 22.5 Å². The molecule has 0 radical (unpaired) electrons. The summed E-state index contributed by atoms with van der Waals surface area (Å²) in [6.07, 6.45) is 1.51. The Balaban J connectivity index is 1.39. The highest BCUT2D eigenvalue weighted by molar-refractivity contribution is 5.93. The van der Waals surface area contributed by atoms with E-state index in [1.54, 1.807) is 17.8 Å². The average molecular weight is 399 g/mol. The number of carbonyl (C=O) groups is 1. The molecule has 0 aliphatic heterocycles. The molecule has 2 heterocycles. The van der Waals surface area contributed by atoms with Crippen LogP contribution >= 0.6 is 0 Å². The zero-order valence-electron chi connectivity index (χ0n) is 16.5. The molecule has 2 aromatic carbocycles. The molecule has 0 spiro atoms. The minimum Gasteiger partial charge on any atom is -0.349 e. The minimum atomic E-state index is -0.242. The molecule has 7 heteroatoms. The Kier molecular flexibility index (Phi) is 5.52. The third kappa shape index (κ3) is 4.20. The van der Waals surface area contributed by atoms with Crippen molar-refractivity contribution in [1.29, 1.82) is 0 Å². The van der Waals surface area contributed by atoms with E-state index in [2.05, 4.69) is 15.4 Å². The molecule has 0 atom stereocenters. The van der Waals surface area contributed by atoms with E-state index in [1.807, 2.05) is 60.7 Å². The van der Waals surface area contributed by atoms with Crippen LogP contribution in [0.5, 0.6) is 0 Å². The summed E-state index contributed by atoms with van der Waals surface area (Å²) in [4.78, 5) is 29.3. The third-order valence-electron chi connectivity index (χ3n) is 4.77. The van der Waals surface area contributed by atoms with Gasteiger partial charge in [0.15, 0.2) is 0 Å². The fourth-order valence-corrected chi connectivity index (χ4v) is 3.17. The van der Waals surface area contributed by atoms with Gasteiger partial charge >= 0.3 is 0 Å². The summed E-state index contributed by atoms with van der Waals surface area (Å²) in [6, 6.07) is 22.5. The van der Waals surface area contributed by atoms with Crippen LogP contribution in [0.15, 0.2) is 83.9 Å². The van der Waals surface area contributed by atoms with Gasteiger partial charge in [0.05, 0.1) is 17.7 Å². The van der Waals surface area contributed by atoms with Crippen LogP contribution in [-0.4, -0.2) is 31.8 Å². The lowest BCUT2D eigenvalue weighted by Crippen LogP contribution is -2.31. The fraction of sp³-hybridized carbons (Fsp3) is 0.130. The molecule has 2 aromatic heterocycles. The summed E-state index contributed by atoms with van der Waals surface area (Å²) in [5.74, 6) is -0.242. The summed E-state index contributed by atoms with van der Waals surface area (Å²) < 4.78 is 3.03. The van der Waals surface area contributed by atoms with Crippen LogP contribution in [0, 0.1) is 0 Å². The van der Waals surface area contributed by atoms with E-state index in [-0.39, 0.29) is 11.5 Å². The van der Waals surface area contributed by atoms with Crippen LogP contribution in [0.1, 0.15) is 10.5 Å². The first-order chi connectivity index (χ1) is 14.6. The number of benzene rings is 2. The lowest BCUT2D eigenvalue weighted by molar-refractivity contribution is 0.0942. The number of rotatable bonds is 6. The van der Waals surface area contributed by atoms with Crippen molar-refractivity contribution in [2.45, 2.75) is 6.54 Å². The van der Waals surface area contributed by atoms with Gasteiger partial charge in [-0.05, 0) is 6.07 Å². The van der Waals surface area contributed by atoms with Gasteiger partial charge in [0.1, 0.15) is 5.69 Å². The monoisotopic (exact) mass is 399 g/mol. The number of aromatic nitrogens is 4. The first kappa shape index (κ1) is 19.3. The molecule has 7 nitrogen and oxygen atoms in total. The predicted molar refractivity (Wildman–Crippen MR) is 115 cm³/mol. The normalized spacial score (nSPS) is 10.7. The third-order valence-corrected chi connectivity index (χ3v) is 4.77. The maximum Gasteiger partial charge on any atom is 0.269 e. The van der Waals surface area contributed by atoms with Gasteiger partial charge in [0, 0.05) is 37.3 Å². The van der Waals surface area contributed by atoms with E-state index in [9.17, 15) is 9.59 Å². The van der Waals surface area contributed by atoms with Crippen LogP contribution in [0.2, 0.25) is 0 Å². The molecular weight excluding hydrogens is 378 g/mol. The Hall–Kier alpha value is -4.00. The summed E-state index contributed by atoms with van der Waals surface area (Å²) >= 11 is 0. The summed E-state index contributed by atoms with van der Waals surface area (Å²) in [6.45, 7) is 0.632. The molecule has 0 unspecified atom stereocenters. The Morgan fingerprint density at radius 3 is 2.20 bits per heavy atom. The molecule has 0 fully saturated rings. The highest BCUT2D eigenvalue weighted by Crippen LogP contribution is 2.18. The second kappa shape index (κ2) is 8.57. The van der Waals surface area contributed by atoms with E-state index < -0.39 is 0 Å². The summed E-state index contributed by atoms with van der Waals surface area (Å²) in [5, 5.41) is 7.25. The second-order valence-corrected chi connectivity index (χ2v) is 6.83. The molecule has 0 saturated carbocycles. The van der Waals surface area contributed by atoms with Crippen molar-refractivity contribution < 1.29 is 4.79 Å². The predicted octanol–water partition coefficient (Wildman–Crippen LogP) is 2.74. The van der Waals surface area contributed by atoms with Crippen LogP contribution in [0.3, 0.4) is 0 Å². The molecule has 0 saturated heterocycles. The minimum absolute atomic E-state index is 0.162. The topological polar surface area (TPSA) is 81.8 Å². The van der Waals surface area contributed by atoms with Crippen LogP contribution in [-0.2, 0) is 13.6 Å². The lowest BCUT2D eigenvalue weighted by atomic mass is 10.1. The number of nitrogens with zero attached hydrogens (tertiary/aromatic N) is 4.